The summed E-state index contributed by atoms with van der Waals surface area (Å²) >= 11 is 0. The van der Waals surface area contributed by atoms with Crippen LogP contribution in [-0.4, -0.2) is 43.5 Å². The average Bonchev–Trinajstić information content (AvgIpc) is 2.43. The van der Waals surface area contributed by atoms with Crippen molar-refractivity contribution in [2.45, 2.75) is 19.9 Å². The second kappa shape index (κ2) is 8.17. The number of nitrogens with zero attached hydrogens (tertiary/aromatic N) is 1. The minimum absolute atomic E-state index is 0.0221. The molecule has 0 spiro atoms. The molecule has 0 unspecified atom stereocenters. The van der Waals surface area contributed by atoms with Gasteiger partial charge in [0.1, 0.15) is 0 Å². The minimum Gasteiger partial charge on any atom is -0.494 e. The van der Waals surface area contributed by atoms with Crippen LogP contribution in [0, 0.1) is 5.82 Å². The van der Waals surface area contributed by atoms with E-state index in [1.807, 2.05) is 13.8 Å². The number of likely N-dealkylation sites (N-methyl/N-ethyl adjacent to an activating group) is 1. The van der Waals surface area contributed by atoms with Crippen LogP contribution in [-0.2, 0) is 9.59 Å². The highest BCUT2D eigenvalue weighted by Gasteiger charge is 2.11. The van der Waals surface area contributed by atoms with Crippen LogP contribution < -0.4 is 10.1 Å². The van der Waals surface area contributed by atoms with E-state index < -0.39 is 5.82 Å². The topological polar surface area (TPSA) is 58.6 Å². The van der Waals surface area contributed by atoms with Gasteiger partial charge in [-0.3, -0.25) is 9.59 Å². The number of ether oxygens (including phenoxy) is 1. The van der Waals surface area contributed by atoms with E-state index in [4.69, 9.17) is 4.74 Å². The third-order valence-electron chi connectivity index (χ3n) is 2.80. The van der Waals surface area contributed by atoms with Gasteiger partial charge >= 0.3 is 0 Å². The van der Waals surface area contributed by atoms with Gasteiger partial charge in [0, 0.05) is 19.2 Å². The molecule has 0 aliphatic heterocycles. The van der Waals surface area contributed by atoms with Crippen LogP contribution in [0.5, 0.6) is 5.75 Å². The maximum absolute atomic E-state index is 13.5. The number of carbonyl (C=O) groups is 2. The van der Waals surface area contributed by atoms with E-state index in [1.165, 1.54) is 43.3 Å². The first-order chi connectivity index (χ1) is 10.3. The summed E-state index contributed by atoms with van der Waals surface area (Å²) < 4.78 is 18.3. The molecule has 120 valence electrons. The molecule has 0 atom stereocenters. The van der Waals surface area contributed by atoms with Crippen molar-refractivity contribution in [3.63, 3.8) is 0 Å². The van der Waals surface area contributed by atoms with E-state index >= 15 is 0 Å². The van der Waals surface area contributed by atoms with E-state index in [1.54, 1.807) is 6.07 Å². The smallest absolute Gasteiger partial charge is 0.246 e. The van der Waals surface area contributed by atoms with E-state index in [-0.39, 0.29) is 30.2 Å². The number of halogens is 1. The van der Waals surface area contributed by atoms with Crippen LogP contribution in [0.1, 0.15) is 19.4 Å². The van der Waals surface area contributed by atoms with Gasteiger partial charge in [0.25, 0.3) is 0 Å². The molecular weight excluding hydrogens is 287 g/mol. The van der Waals surface area contributed by atoms with Crippen LogP contribution in [0.15, 0.2) is 24.3 Å². The second-order valence-electron chi connectivity index (χ2n) is 5.14. The van der Waals surface area contributed by atoms with Crippen molar-refractivity contribution in [2.24, 2.45) is 0 Å². The summed E-state index contributed by atoms with van der Waals surface area (Å²) in [4.78, 5) is 24.7. The Morgan fingerprint density at radius 2 is 2.09 bits per heavy atom. The zero-order valence-corrected chi connectivity index (χ0v) is 13.2. The fraction of sp³-hybridized carbons (Fsp3) is 0.375. The summed E-state index contributed by atoms with van der Waals surface area (Å²) in [5.74, 6) is -0.919. The molecule has 1 aromatic carbocycles. The summed E-state index contributed by atoms with van der Waals surface area (Å²) in [6, 6.07) is 4.42. The third-order valence-corrected chi connectivity index (χ3v) is 2.80. The van der Waals surface area contributed by atoms with Gasteiger partial charge in [-0.25, -0.2) is 4.39 Å². The highest BCUT2D eigenvalue weighted by molar-refractivity contribution is 5.94. The molecule has 5 nitrogen and oxygen atoms in total. The van der Waals surface area contributed by atoms with Crippen molar-refractivity contribution in [3.8, 4) is 5.75 Å². The van der Waals surface area contributed by atoms with Gasteiger partial charge in [-0.05, 0) is 37.6 Å². The molecule has 0 aliphatic carbocycles. The molecule has 0 heterocycles. The third kappa shape index (κ3) is 5.55. The van der Waals surface area contributed by atoms with Crippen molar-refractivity contribution in [3.05, 3.63) is 35.7 Å². The Kier molecular flexibility index (Phi) is 6.56. The number of methoxy groups -OCH3 is 1. The molecule has 0 radical (unpaired) electrons. The Morgan fingerprint density at radius 3 is 2.64 bits per heavy atom. The Labute approximate surface area is 129 Å². The van der Waals surface area contributed by atoms with Crippen molar-refractivity contribution in [1.29, 1.82) is 0 Å². The van der Waals surface area contributed by atoms with Crippen molar-refractivity contribution >= 4 is 17.9 Å². The number of nitrogens with one attached hydrogen (secondary N) is 1. The monoisotopic (exact) mass is 308 g/mol. The fourth-order valence-electron chi connectivity index (χ4n) is 1.74. The van der Waals surface area contributed by atoms with Crippen LogP contribution in [0.25, 0.3) is 6.08 Å². The molecule has 1 N–H and O–H groups in total. The van der Waals surface area contributed by atoms with Crippen molar-refractivity contribution in [1.82, 2.24) is 10.2 Å². The summed E-state index contributed by atoms with van der Waals surface area (Å²) in [5, 5.41) is 2.70. The Morgan fingerprint density at radius 1 is 1.41 bits per heavy atom. The first-order valence-corrected chi connectivity index (χ1v) is 6.89. The molecule has 0 saturated carbocycles. The summed E-state index contributed by atoms with van der Waals surface area (Å²) in [5.41, 5.74) is 0.534. The predicted molar refractivity (Wildman–Crippen MR) is 82.9 cm³/mol. The van der Waals surface area contributed by atoms with Crippen molar-refractivity contribution in [2.75, 3.05) is 20.7 Å². The molecule has 6 heteroatoms. The van der Waals surface area contributed by atoms with E-state index in [9.17, 15) is 14.0 Å². The van der Waals surface area contributed by atoms with Gasteiger partial charge in [0.2, 0.25) is 11.8 Å². The molecular formula is C16H21FN2O3. The number of hydrogen-bond acceptors (Lipinski definition) is 3. The second-order valence-corrected chi connectivity index (χ2v) is 5.14. The number of carbonyl (C=O) groups excluding carboxylic acids is 2. The Bertz CT molecular complexity index is 571. The van der Waals surface area contributed by atoms with E-state index in [0.717, 1.165) is 0 Å². The molecule has 22 heavy (non-hydrogen) atoms. The molecule has 1 aromatic rings. The highest BCUT2D eigenvalue weighted by Crippen LogP contribution is 2.18. The minimum atomic E-state index is -0.498. The average molecular weight is 308 g/mol. The summed E-state index contributed by atoms with van der Waals surface area (Å²) in [6.07, 6.45) is 2.78. The van der Waals surface area contributed by atoms with E-state index in [2.05, 4.69) is 5.32 Å². The Hall–Kier alpha value is -2.37. The maximum atomic E-state index is 13.5. The lowest BCUT2D eigenvalue weighted by Crippen LogP contribution is -2.40. The zero-order chi connectivity index (χ0) is 16.7. The molecule has 2 amide bonds. The molecule has 1 rings (SSSR count). The molecule has 0 aliphatic rings. The molecule has 0 saturated heterocycles. The SMILES string of the molecule is COc1ccc(/C=C/C(=O)N(C)CC(=O)NC(C)C)cc1F. The quantitative estimate of drug-likeness (QED) is 0.816. The number of hydrogen-bond donors (Lipinski definition) is 1. The lowest BCUT2D eigenvalue weighted by atomic mass is 10.2. The van der Waals surface area contributed by atoms with Crippen molar-refractivity contribution < 1.29 is 18.7 Å². The predicted octanol–water partition coefficient (Wildman–Crippen LogP) is 1.83. The largest absolute Gasteiger partial charge is 0.494 e. The number of rotatable bonds is 6. The first kappa shape index (κ1) is 17.7. The molecule has 0 fully saturated rings. The normalized spacial score (nSPS) is 10.8. The van der Waals surface area contributed by atoms with Gasteiger partial charge < -0.3 is 15.0 Å². The Balaban J connectivity index is 2.63. The molecule has 0 bridgehead atoms. The van der Waals surface area contributed by atoms with Gasteiger partial charge in [0.05, 0.1) is 13.7 Å². The fourth-order valence-corrected chi connectivity index (χ4v) is 1.74. The van der Waals surface area contributed by atoms with E-state index in [0.29, 0.717) is 5.56 Å². The number of benzene rings is 1. The number of amides is 2. The zero-order valence-electron chi connectivity index (χ0n) is 13.2. The lowest BCUT2D eigenvalue weighted by Gasteiger charge is -2.16. The standard InChI is InChI=1S/C16H21FN2O3/c1-11(2)18-15(20)10-19(3)16(21)8-6-12-5-7-14(22-4)13(17)9-12/h5-9,11H,10H2,1-4H3,(H,18,20)/b8-6+. The van der Waals surface area contributed by atoms with Crippen LogP contribution >= 0.6 is 0 Å². The molecule has 0 aromatic heterocycles. The van der Waals surface area contributed by atoms with Gasteiger partial charge in [0.15, 0.2) is 11.6 Å². The summed E-state index contributed by atoms with van der Waals surface area (Å²) in [6.45, 7) is 3.66. The van der Waals surface area contributed by atoms with Gasteiger partial charge in [-0.15, -0.1) is 0 Å². The van der Waals surface area contributed by atoms with Crippen LogP contribution in [0.2, 0.25) is 0 Å². The van der Waals surface area contributed by atoms with Crippen LogP contribution in [0.3, 0.4) is 0 Å². The van der Waals surface area contributed by atoms with Crippen LogP contribution in [0.4, 0.5) is 4.39 Å². The van der Waals surface area contributed by atoms with Gasteiger partial charge in [-0.1, -0.05) is 6.07 Å². The maximum Gasteiger partial charge on any atom is 0.246 e. The summed E-state index contributed by atoms with van der Waals surface area (Å²) in [7, 11) is 2.91. The first-order valence-electron chi connectivity index (χ1n) is 6.89. The van der Waals surface area contributed by atoms with Gasteiger partial charge in [-0.2, -0.15) is 0 Å². The lowest BCUT2D eigenvalue weighted by molar-refractivity contribution is -0.131. The highest BCUT2D eigenvalue weighted by atomic mass is 19.1.